The van der Waals surface area contributed by atoms with Crippen molar-refractivity contribution in [1.29, 1.82) is 0 Å². The molecule has 2 aliphatic rings. The van der Waals surface area contributed by atoms with E-state index in [1.54, 1.807) is 4.90 Å². The van der Waals surface area contributed by atoms with Gasteiger partial charge < -0.3 is 20.3 Å². The molecule has 1 saturated carbocycles. The van der Waals surface area contributed by atoms with Crippen LogP contribution in [0, 0.1) is 0 Å². The fourth-order valence-corrected chi connectivity index (χ4v) is 2.77. The van der Waals surface area contributed by atoms with Gasteiger partial charge in [-0.3, -0.25) is 4.79 Å². The number of nitrogens with one attached hydrogen (secondary N) is 2. The molecule has 0 radical (unpaired) electrons. The van der Waals surface area contributed by atoms with E-state index in [2.05, 4.69) is 10.6 Å². The predicted octanol–water partition coefficient (Wildman–Crippen LogP) is 0.864. The summed E-state index contributed by atoms with van der Waals surface area (Å²) in [6.07, 6.45) is 4.43. The number of hydrogen-bond donors (Lipinski definition) is 2. The molecule has 1 unspecified atom stereocenters. The first-order valence-electron chi connectivity index (χ1n) is 7.53. The summed E-state index contributed by atoms with van der Waals surface area (Å²) in [6.45, 7) is 5.05. The quantitative estimate of drug-likeness (QED) is 0.807. The molecule has 2 rings (SSSR count). The molecule has 0 aromatic carbocycles. The van der Waals surface area contributed by atoms with Crippen molar-refractivity contribution >= 4 is 11.9 Å². The van der Waals surface area contributed by atoms with Crippen LogP contribution in [0.4, 0.5) is 4.79 Å². The highest BCUT2D eigenvalue weighted by Crippen LogP contribution is 2.18. The number of nitrogens with zero attached hydrogens (tertiary/aromatic N) is 1. The Kier molecular flexibility index (Phi) is 5.23. The Bertz CT molecular complexity index is 354. The predicted molar refractivity (Wildman–Crippen MR) is 75.4 cm³/mol. The van der Waals surface area contributed by atoms with Crippen LogP contribution in [0.25, 0.3) is 0 Å². The standard InChI is InChI=1S/C14H25N3O3/c1-10(2)15-13(18)12-9-20-8-7-17(12)14(19)16-11-5-3-4-6-11/h10-12H,3-9H2,1-2H3,(H,15,18)(H,16,19). The molecule has 0 spiro atoms. The summed E-state index contributed by atoms with van der Waals surface area (Å²) in [6, 6.07) is -0.333. The van der Waals surface area contributed by atoms with Gasteiger partial charge in [0.25, 0.3) is 0 Å². The molecule has 1 aliphatic heterocycles. The van der Waals surface area contributed by atoms with Crippen LogP contribution in [0.2, 0.25) is 0 Å². The molecule has 0 bridgehead atoms. The van der Waals surface area contributed by atoms with Gasteiger partial charge in [0, 0.05) is 18.6 Å². The van der Waals surface area contributed by atoms with Crippen LogP contribution >= 0.6 is 0 Å². The minimum Gasteiger partial charge on any atom is -0.377 e. The topological polar surface area (TPSA) is 70.7 Å². The molecule has 2 fully saturated rings. The van der Waals surface area contributed by atoms with E-state index in [0.29, 0.717) is 13.2 Å². The third kappa shape index (κ3) is 3.85. The summed E-state index contributed by atoms with van der Waals surface area (Å²) < 4.78 is 5.35. The Morgan fingerprint density at radius 3 is 2.60 bits per heavy atom. The second-order valence-electron chi connectivity index (χ2n) is 5.88. The SMILES string of the molecule is CC(C)NC(=O)C1COCCN1C(=O)NC1CCCC1. The molecule has 114 valence electrons. The monoisotopic (exact) mass is 283 g/mol. The van der Waals surface area contributed by atoms with Crippen LogP contribution in [0.5, 0.6) is 0 Å². The summed E-state index contributed by atoms with van der Waals surface area (Å²) in [7, 11) is 0. The largest absolute Gasteiger partial charge is 0.377 e. The van der Waals surface area contributed by atoms with E-state index in [0.717, 1.165) is 12.8 Å². The number of amides is 3. The van der Waals surface area contributed by atoms with Gasteiger partial charge in [0.05, 0.1) is 13.2 Å². The molecule has 6 heteroatoms. The molecule has 1 heterocycles. The van der Waals surface area contributed by atoms with Gasteiger partial charge in [-0.1, -0.05) is 12.8 Å². The maximum Gasteiger partial charge on any atom is 0.318 e. The Morgan fingerprint density at radius 1 is 1.25 bits per heavy atom. The summed E-state index contributed by atoms with van der Waals surface area (Å²) in [5.41, 5.74) is 0. The lowest BCUT2D eigenvalue weighted by Crippen LogP contribution is -2.59. The smallest absolute Gasteiger partial charge is 0.318 e. The second kappa shape index (κ2) is 6.92. The molecule has 1 saturated heterocycles. The Morgan fingerprint density at radius 2 is 1.95 bits per heavy atom. The fraction of sp³-hybridized carbons (Fsp3) is 0.857. The van der Waals surface area contributed by atoms with E-state index in [4.69, 9.17) is 4.74 Å². The highest BCUT2D eigenvalue weighted by Gasteiger charge is 2.34. The van der Waals surface area contributed by atoms with Crippen molar-refractivity contribution in [2.45, 2.75) is 57.7 Å². The third-order valence-electron chi connectivity index (χ3n) is 3.81. The molecule has 3 amide bonds. The third-order valence-corrected chi connectivity index (χ3v) is 3.81. The molecule has 1 atom stereocenters. The van der Waals surface area contributed by atoms with Crippen molar-refractivity contribution in [2.24, 2.45) is 0 Å². The second-order valence-corrected chi connectivity index (χ2v) is 5.88. The molecule has 6 nitrogen and oxygen atoms in total. The number of rotatable bonds is 3. The number of morpholine rings is 1. The van der Waals surface area contributed by atoms with Crippen molar-refractivity contribution in [1.82, 2.24) is 15.5 Å². The first-order chi connectivity index (χ1) is 9.58. The van der Waals surface area contributed by atoms with Crippen LogP contribution in [-0.4, -0.2) is 54.7 Å². The highest BCUT2D eigenvalue weighted by atomic mass is 16.5. The van der Waals surface area contributed by atoms with Crippen LogP contribution in [0.3, 0.4) is 0 Å². The van der Waals surface area contributed by atoms with Gasteiger partial charge >= 0.3 is 6.03 Å². The Labute approximate surface area is 120 Å². The van der Waals surface area contributed by atoms with E-state index in [1.807, 2.05) is 13.8 Å². The first-order valence-corrected chi connectivity index (χ1v) is 7.53. The number of hydrogen-bond acceptors (Lipinski definition) is 3. The number of carbonyl (C=O) groups is 2. The van der Waals surface area contributed by atoms with Crippen molar-refractivity contribution in [2.75, 3.05) is 19.8 Å². The van der Waals surface area contributed by atoms with Gasteiger partial charge in [0.2, 0.25) is 5.91 Å². The van der Waals surface area contributed by atoms with Gasteiger partial charge in [0.1, 0.15) is 6.04 Å². The highest BCUT2D eigenvalue weighted by molar-refractivity contribution is 5.87. The maximum absolute atomic E-state index is 12.3. The maximum atomic E-state index is 12.3. The minimum absolute atomic E-state index is 0.0594. The molecular formula is C14H25N3O3. The Hall–Kier alpha value is -1.30. The van der Waals surface area contributed by atoms with Gasteiger partial charge in [-0.15, -0.1) is 0 Å². The van der Waals surface area contributed by atoms with E-state index in [9.17, 15) is 9.59 Å². The van der Waals surface area contributed by atoms with E-state index in [-0.39, 0.29) is 30.6 Å². The van der Waals surface area contributed by atoms with Crippen LogP contribution in [0.15, 0.2) is 0 Å². The zero-order chi connectivity index (χ0) is 14.5. The van der Waals surface area contributed by atoms with Gasteiger partial charge in [-0.05, 0) is 26.7 Å². The molecule has 0 aromatic heterocycles. The lowest BCUT2D eigenvalue weighted by atomic mass is 10.2. The van der Waals surface area contributed by atoms with Crippen LogP contribution < -0.4 is 10.6 Å². The zero-order valence-electron chi connectivity index (χ0n) is 12.4. The average molecular weight is 283 g/mol. The molecular weight excluding hydrogens is 258 g/mol. The summed E-state index contributed by atoms with van der Waals surface area (Å²) in [5.74, 6) is -0.138. The molecule has 2 N–H and O–H groups in total. The fourth-order valence-electron chi connectivity index (χ4n) is 2.77. The van der Waals surface area contributed by atoms with Gasteiger partial charge in [-0.25, -0.2) is 4.79 Å². The lowest BCUT2D eigenvalue weighted by Gasteiger charge is -2.35. The Balaban J connectivity index is 1.94. The van der Waals surface area contributed by atoms with Gasteiger partial charge in [0.15, 0.2) is 0 Å². The van der Waals surface area contributed by atoms with Crippen molar-refractivity contribution in [3.63, 3.8) is 0 Å². The van der Waals surface area contributed by atoms with Crippen molar-refractivity contribution in [3.8, 4) is 0 Å². The van der Waals surface area contributed by atoms with Crippen molar-refractivity contribution in [3.05, 3.63) is 0 Å². The zero-order valence-corrected chi connectivity index (χ0v) is 12.4. The molecule has 20 heavy (non-hydrogen) atoms. The molecule has 0 aromatic rings. The normalized spacial score (nSPS) is 23.9. The number of urea groups is 1. The average Bonchev–Trinajstić information content (AvgIpc) is 2.90. The van der Waals surface area contributed by atoms with Gasteiger partial charge in [-0.2, -0.15) is 0 Å². The first kappa shape index (κ1) is 15.1. The summed E-state index contributed by atoms with van der Waals surface area (Å²) in [5, 5.41) is 5.89. The number of ether oxygens (including phenoxy) is 1. The van der Waals surface area contributed by atoms with E-state index >= 15 is 0 Å². The van der Waals surface area contributed by atoms with E-state index in [1.165, 1.54) is 12.8 Å². The van der Waals surface area contributed by atoms with E-state index < -0.39 is 6.04 Å². The van der Waals surface area contributed by atoms with Crippen molar-refractivity contribution < 1.29 is 14.3 Å². The molecule has 1 aliphatic carbocycles. The van der Waals surface area contributed by atoms with Crippen LogP contribution in [0.1, 0.15) is 39.5 Å². The number of carbonyl (C=O) groups excluding carboxylic acids is 2. The summed E-state index contributed by atoms with van der Waals surface area (Å²) >= 11 is 0. The lowest BCUT2D eigenvalue weighted by molar-refractivity contribution is -0.130. The van der Waals surface area contributed by atoms with Crippen LogP contribution in [-0.2, 0) is 9.53 Å². The minimum atomic E-state index is -0.521. The summed E-state index contributed by atoms with van der Waals surface area (Å²) in [4.78, 5) is 26.1.